The first-order valence-electron chi connectivity index (χ1n) is 11.4. The van der Waals surface area contributed by atoms with Crippen LogP contribution in [0.1, 0.15) is 48.3 Å². The Balaban J connectivity index is 1.94. The minimum Gasteiger partial charge on any atom is -0.377 e. The molecule has 0 unspecified atom stereocenters. The Bertz CT molecular complexity index is 1150. The third kappa shape index (κ3) is 6.01. The Labute approximate surface area is 201 Å². The number of hydrogen-bond acceptors (Lipinski definition) is 3. The summed E-state index contributed by atoms with van der Waals surface area (Å²) in [6.45, 7) is 6.20. The lowest BCUT2D eigenvalue weighted by molar-refractivity contribution is -0.137. The molecule has 3 aromatic rings. The van der Waals surface area contributed by atoms with Gasteiger partial charge in [0, 0.05) is 43.5 Å². The Morgan fingerprint density at radius 3 is 2.24 bits per heavy atom. The van der Waals surface area contributed by atoms with E-state index in [2.05, 4.69) is 5.32 Å². The van der Waals surface area contributed by atoms with E-state index in [0.717, 1.165) is 16.8 Å². The minimum absolute atomic E-state index is 0.0512. The van der Waals surface area contributed by atoms with E-state index < -0.39 is 11.7 Å². The number of anilines is 2. The molecule has 0 bridgehead atoms. The van der Waals surface area contributed by atoms with Crippen LogP contribution >= 0.6 is 0 Å². The maximum atomic E-state index is 13.5. The van der Waals surface area contributed by atoms with E-state index in [1.807, 2.05) is 93.2 Å². The van der Waals surface area contributed by atoms with Gasteiger partial charge in [-0.2, -0.15) is 0 Å². The van der Waals surface area contributed by atoms with Crippen LogP contribution in [0.25, 0.3) is 0 Å². The van der Waals surface area contributed by atoms with Crippen molar-refractivity contribution in [1.29, 1.82) is 0 Å². The number of carbonyl (C=O) groups excluding carboxylic acids is 2. The lowest BCUT2D eigenvalue weighted by atomic mass is 10.0. The highest BCUT2D eigenvalue weighted by Gasteiger charge is 2.25. The van der Waals surface area contributed by atoms with Crippen molar-refractivity contribution in [1.82, 2.24) is 4.90 Å². The predicted octanol–water partition coefficient (Wildman–Crippen LogP) is 5.89. The predicted molar refractivity (Wildman–Crippen MR) is 135 cm³/mol. The van der Waals surface area contributed by atoms with Gasteiger partial charge >= 0.3 is 0 Å². The van der Waals surface area contributed by atoms with Crippen LogP contribution < -0.4 is 10.2 Å². The van der Waals surface area contributed by atoms with Crippen molar-refractivity contribution in [2.24, 2.45) is 5.92 Å². The summed E-state index contributed by atoms with van der Waals surface area (Å²) < 4.78 is 13.5. The van der Waals surface area contributed by atoms with E-state index in [1.54, 1.807) is 6.07 Å². The lowest BCUT2D eigenvalue weighted by Gasteiger charge is -2.33. The molecule has 1 atom stereocenters. The van der Waals surface area contributed by atoms with Crippen molar-refractivity contribution in [3.05, 3.63) is 95.3 Å². The van der Waals surface area contributed by atoms with E-state index in [9.17, 15) is 14.0 Å². The van der Waals surface area contributed by atoms with E-state index in [1.165, 1.54) is 18.2 Å². The van der Waals surface area contributed by atoms with Crippen molar-refractivity contribution in [3.8, 4) is 0 Å². The molecule has 0 saturated carbocycles. The zero-order valence-corrected chi connectivity index (χ0v) is 20.4. The van der Waals surface area contributed by atoms with Crippen LogP contribution in [0.3, 0.4) is 0 Å². The highest BCUT2D eigenvalue weighted by atomic mass is 19.1. The largest absolute Gasteiger partial charge is 0.377 e. The van der Waals surface area contributed by atoms with Crippen LogP contribution in [0.15, 0.2) is 72.8 Å². The first-order chi connectivity index (χ1) is 16.2. The Kier molecular flexibility index (Phi) is 8.05. The smallest absolute Gasteiger partial charge is 0.255 e. The molecule has 3 rings (SSSR count). The number of carbonyl (C=O) groups is 2. The maximum absolute atomic E-state index is 13.5. The molecule has 2 amide bonds. The zero-order valence-electron chi connectivity index (χ0n) is 20.4. The highest BCUT2D eigenvalue weighted by Crippen LogP contribution is 2.30. The monoisotopic (exact) mass is 461 g/mol. The van der Waals surface area contributed by atoms with Gasteiger partial charge in [0.05, 0.1) is 6.04 Å². The van der Waals surface area contributed by atoms with Crippen LogP contribution in [0, 0.1) is 11.7 Å². The van der Waals surface area contributed by atoms with Crippen molar-refractivity contribution in [2.45, 2.75) is 33.4 Å². The van der Waals surface area contributed by atoms with Gasteiger partial charge in [-0.15, -0.1) is 0 Å². The molecular weight excluding hydrogens is 429 g/mol. The molecular formula is C28H32FN3O2. The molecule has 0 aromatic heterocycles. The van der Waals surface area contributed by atoms with E-state index in [0.29, 0.717) is 12.2 Å². The van der Waals surface area contributed by atoms with Crippen LogP contribution in [0.5, 0.6) is 0 Å². The second-order valence-electron chi connectivity index (χ2n) is 8.91. The van der Waals surface area contributed by atoms with E-state index in [-0.39, 0.29) is 23.4 Å². The Morgan fingerprint density at radius 2 is 1.62 bits per heavy atom. The van der Waals surface area contributed by atoms with Crippen molar-refractivity contribution in [3.63, 3.8) is 0 Å². The second kappa shape index (κ2) is 11.0. The van der Waals surface area contributed by atoms with Crippen molar-refractivity contribution in [2.75, 3.05) is 24.3 Å². The molecule has 0 fully saturated rings. The summed E-state index contributed by atoms with van der Waals surface area (Å²) in [5.74, 6) is -0.968. The molecule has 3 aromatic carbocycles. The maximum Gasteiger partial charge on any atom is 0.255 e. The SMILES string of the molecule is CC(C)C(=O)N(Cc1cc(NC(=O)c2cccc(F)c2)ccc1N(C)C)[C@H](C)c1ccccc1. The van der Waals surface area contributed by atoms with Gasteiger partial charge in [0.25, 0.3) is 5.91 Å². The normalized spacial score (nSPS) is 11.7. The summed E-state index contributed by atoms with van der Waals surface area (Å²) in [6.07, 6.45) is 0. The number of hydrogen-bond donors (Lipinski definition) is 1. The standard InChI is InChI=1S/C28H32FN3O2/c1-19(2)28(34)32(20(3)21-10-7-6-8-11-21)18-23-17-25(14-15-26(23)31(4)5)30-27(33)22-12-9-13-24(29)16-22/h6-17,19-20H,18H2,1-5H3,(H,30,33)/t20-/m1/s1. The fourth-order valence-corrected chi connectivity index (χ4v) is 3.89. The minimum atomic E-state index is -0.464. The van der Waals surface area contributed by atoms with Crippen LogP contribution in [0.2, 0.25) is 0 Å². The van der Waals surface area contributed by atoms with Gasteiger partial charge in [-0.3, -0.25) is 9.59 Å². The van der Waals surface area contributed by atoms with Crippen LogP contribution in [0.4, 0.5) is 15.8 Å². The third-order valence-corrected chi connectivity index (χ3v) is 5.77. The van der Waals surface area contributed by atoms with Gasteiger partial charge < -0.3 is 15.1 Å². The fourth-order valence-electron chi connectivity index (χ4n) is 3.89. The molecule has 34 heavy (non-hydrogen) atoms. The Hall–Kier alpha value is -3.67. The summed E-state index contributed by atoms with van der Waals surface area (Å²) in [5.41, 5.74) is 3.73. The number of benzene rings is 3. The molecule has 1 N–H and O–H groups in total. The number of amides is 2. The summed E-state index contributed by atoms with van der Waals surface area (Å²) in [5, 5.41) is 2.85. The first-order valence-corrected chi connectivity index (χ1v) is 11.4. The fraction of sp³-hybridized carbons (Fsp3) is 0.286. The number of halogens is 1. The van der Waals surface area contributed by atoms with E-state index in [4.69, 9.17) is 0 Å². The van der Waals surface area contributed by atoms with Gasteiger partial charge in [0.15, 0.2) is 0 Å². The second-order valence-corrected chi connectivity index (χ2v) is 8.91. The molecule has 0 radical (unpaired) electrons. The summed E-state index contributed by atoms with van der Waals surface area (Å²) in [7, 11) is 3.89. The summed E-state index contributed by atoms with van der Waals surface area (Å²) >= 11 is 0. The topological polar surface area (TPSA) is 52.7 Å². The van der Waals surface area contributed by atoms with Gasteiger partial charge in [-0.1, -0.05) is 50.2 Å². The van der Waals surface area contributed by atoms with Crippen molar-refractivity contribution >= 4 is 23.2 Å². The van der Waals surface area contributed by atoms with Gasteiger partial charge in [0.2, 0.25) is 5.91 Å². The Morgan fingerprint density at radius 1 is 0.912 bits per heavy atom. The molecule has 178 valence electrons. The lowest BCUT2D eigenvalue weighted by Crippen LogP contribution is -2.36. The average molecular weight is 462 g/mol. The first kappa shape index (κ1) is 25.0. The molecule has 0 aliphatic carbocycles. The van der Waals surface area contributed by atoms with Gasteiger partial charge in [-0.05, 0) is 54.4 Å². The molecule has 5 nitrogen and oxygen atoms in total. The molecule has 6 heteroatoms. The zero-order chi connectivity index (χ0) is 24.8. The molecule has 0 aliphatic heterocycles. The summed E-state index contributed by atoms with van der Waals surface area (Å²) in [6, 6.07) is 21.0. The molecule has 0 spiro atoms. The number of rotatable bonds is 8. The van der Waals surface area contributed by atoms with Crippen LogP contribution in [-0.2, 0) is 11.3 Å². The third-order valence-electron chi connectivity index (χ3n) is 5.77. The van der Waals surface area contributed by atoms with Crippen LogP contribution in [-0.4, -0.2) is 30.8 Å². The quantitative estimate of drug-likeness (QED) is 0.455. The van der Waals surface area contributed by atoms with Gasteiger partial charge in [-0.25, -0.2) is 4.39 Å². The number of nitrogens with zero attached hydrogens (tertiary/aromatic N) is 2. The molecule has 0 heterocycles. The van der Waals surface area contributed by atoms with Crippen molar-refractivity contribution < 1.29 is 14.0 Å². The van der Waals surface area contributed by atoms with E-state index >= 15 is 0 Å². The molecule has 0 saturated heterocycles. The van der Waals surface area contributed by atoms with Gasteiger partial charge in [0.1, 0.15) is 5.82 Å². The number of nitrogens with one attached hydrogen (secondary N) is 1. The average Bonchev–Trinajstić information content (AvgIpc) is 2.82. The molecule has 0 aliphatic rings. The summed E-state index contributed by atoms with van der Waals surface area (Å²) in [4.78, 5) is 29.7. The highest BCUT2D eigenvalue weighted by molar-refractivity contribution is 6.04.